The monoisotopic (exact) mass is 253 g/mol. The Morgan fingerprint density at radius 2 is 2.11 bits per heavy atom. The number of aromatic carboxylic acids is 1. The SMILES string of the molecule is CCCCOCCOc1ccc(C(=O)O)c(C)n1. The lowest BCUT2D eigenvalue weighted by atomic mass is 10.2. The Balaban J connectivity index is 2.35. The lowest BCUT2D eigenvalue weighted by molar-refractivity contribution is 0.0695. The number of rotatable bonds is 8. The maximum atomic E-state index is 10.8. The van der Waals surface area contributed by atoms with E-state index in [-0.39, 0.29) is 5.56 Å². The Hall–Kier alpha value is -1.62. The number of carbonyl (C=O) groups is 1. The van der Waals surface area contributed by atoms with Crippen LogP contribution in [0.2, 0.25) is 0 Å². The highest BCUT2D eigenvalue weighted by Gasteiger charge is 2.08. The van der Waals surface area contributed by atoms with E-state index in [9.17, 15) is 4.79 Å². The van der Waals surface area contributed by atoms with E-state index in [1.54, 1.807) is 13.0 Å². The topological polar surface area (TPSA) is 68.7 Å². The van der Waals surface area contributed by atoms with Gasteiger partial charge in [0.2, 0.25) is 5.88 Å². The van der Waals surface area contributed by atoms with E-state index in [0.717, 1.165) is 19.4 Å². The first-order chi connectivity index (χ1) is 8.65. The Morgan fingerprint density at radius 1 is 1.33 bits per heavy atom. The van der Waals surface area contributed by atoms with Gasteiger partial charge in [-0.2, -0.15) is 0 Å². The van der Waals surface area contributed by atoms with E-state index >= 15 is 0 Å². The number of pyridine rings is 1. The van der Waals surface area contributed by atoms with Crippen LogP contribution in [-0.4, -0.2) is 35.9 Å². The molecule has 0 bridgehead atoms. The van der Waals surface area contributed by atoms with Crippen LogP contribution in [0, 0.1) is 6.92 Å². The van der Waals surface area contributed by atoms with Crippen LogP contribution in [0.15, 0.2) is 12.1 Å². The molecule has 0 atom stereocenters. The van der Waals surface area contributed by atoms with Crippen molar-refractivity contribution >= 4 is 5.97 Å². The van der Waals surface area contributed by atoms with E-state index in [2.05, 4.69) is 11.9 Å². The number of aryl methyl sites for hydroxylation is 1. The van der Waals surface area contributed by atoms with E-state index in [4.69, 9.17) is 14.6 Å². The third-order valence-corrected chi connectivity index (χ3v) is 2.41. The molecule has 5 nitrogen and oxygen atoms in total. The smallest absolute Gasteiger partial charge is 0.337 e. The average Bonchev–Trinajstić information content (AvgIpc) is 2.33. The summed E-state index contributed by atoms with van der Waals surface area (Å²) in [4.78, 5) is 14.9. The zero-order chi connectivity index (χ0) is 13.4. The summed E-state index contributed by atoms with van der Waals surface area (Å²) in [6.07, 6.45) is 2.16. The molecule has 0 aliphatic carbocycles. The highest BCUT2D eigenvalue weighted by molar-refractivity contribution is 5.88. The van der Waals surface area contributed by atoms with Crippen LogP contribution in [0.1, 0.15) is 35.8 Å². The van der Waals surface area contributed by atoms with Gasteiger partial charge in [-0.15, -0.1) is 0 Å². The van der Waals surface area contributed by atoms with Crippen molar-refractivity contribution in [2.24, 2.45) is 0 Å². The standard InChI is InChI=1S/C13H19NO4/c1-3-4-7-17-8-9-18-12-6-5-11(13(15)16)10(2)14-12/h5-6H,3-4,7-9H2,1-2H3,(H,15,16). The summed E-state index contributed by atoms with van der Waals surface area (Å²) in [7, 11) is 0. The van der Waals surface area contributed by atoms with Crippen LogP contribution in [0.3, 0.4) is 0 Å². The Bertz CT molecular complexity index is 393. The molecule has 0 aromatic carbocycles. The molecule has 1 aromatic rings. The van der Waals surface area contributed by atoms with Gasteiger partial charge in [0.05, 0.1) is 17.9 Å². The molecule has 0 aliphatic rings. The first-order valence-corrected chi connectivity index (χ1v) is 6.06. The molecule has 5 heteroatoms. The van der Waals surface area contributed by atoms with Gasteiger partial charge in [0.15, 0.2) is 0 Å². The van der Waals surface area contributed by atoms with E-state index in [0.29, 0.717) is 24.8 Å². The van der Waals surface area contributed by atoms with Gasteiger partial charge in [-0.3, -0.25) is 0 Å². The Kier molecular flexibility index (Phi) is 6.14. The van der Waals surface area contributed by atoms with E-state index in [1.165, 1.54) is 6.07 Å². The fourth-order valence-corrected chi connectivity index (χ4v) is 1.40. The second-order valence-corrected chi connectivity index (χ2v) is 3.90. The van der Waals surface area contributed by atoms with Gasteiger partial charge in [-0.05, 0) is 19.4 Å². The Morgan fingerprint density at radius 3 is 2.72 bits per heavy atom. The minimum absolute atomic E-state index is 0.196. The van der Waals surface area contributed by atoms with Crippen LogP contribution >= 0.6 is 0 Å². The van der Waals surface area contributed by atoms with Crippen LogP contribution in [0.5, 0.6) is 5.88 Å². The summed E-state index contributed by atoms with van der Waals surface area (Å²) in [5, 5.41) is 8.85. The summed E-state index contributed by atoms with van der Waals surface area (Å²) in [6, 6.07) is 3.06. The molecule has 1 rings (SSSR count). The highest BCUT2D eigenvalue weighted by Crippen LogP contribution is 2.12. The van der Waals surface area contributed by atoms with Crippen molar-refractivity contribution < 1.29 is 19.4 Å². The number of unbranched alkanes of at least 4 members (excludes halogenated alkanes) is 1. The molecule has 0 unspecified atom stereocenters. The second-order valence-electron chi connectivity index (χ2n) is 3.90. The molecule has 0 aliphatic heterocycles. The van der Waals surface area contributed by atoms with Gasteiger partial charge >= 0.3 is 5.97 Å². The zero-order valence-corrected chi connectivity index (χ0v) is 10.8. The van der Waals surface area contributed by atoms with Gasteiger partial charge in [0.1, 0.15) is 6.61 Å². The first kappa shape index (κ1) is 14.4. The molecule has 100 valence electrons. The van der Waals surface area contributed by atoms with Crippen LogP contribution in [0.4, 0.5) is 0 Å². The van der Waals surface area contributed by atoms with Crippen LogP contribution < -0.4 is 4.74 Å². The van der Waals surface area contributed by atoms with Crippen molar-refractivity contribution in [3.63, 3.8) is 0 Å². The predicted molar refractivity (Wildman–Crippen MR) is 67.2 cm³/mol. The van der Waals surface area contributed by atoms with Gasteiger partial charge in [0, 0.05) is 12.7 Å². The number of hydrogen-bond acceptors (Lipinski definition) is 4. The highest BCUT2D eigenvalue weighted by atomic mass is 16.5. The fourth-order valence-electron chi connectivity index (χ4n) is 1.40. The minimum Gasteiger partial charge on any atom is -0.478 e. The molecule has 0 fully saturated rings. The van der Waals surface area contributed by atoms with Gasteiger partial charge < -0.3 is 14.6 Å². The number of ether oxygens (including phenoxy) is 2. The zero-order valence-electron chi connectivity index (χ0n) is 10.8. The predicted octanol–water partition coefficient (Wildman–Crippen LogP) is 2.28. The second kappa shape index (κ2) is 7.66. The van der Waals surface area contributed by atoms with Crippen LogP contribution in [-0.2, 0) is 4.74 Å². The maximum absolute atomic E-state index is 10.8. The maximum Gasteiger partial charge on any atom is 0.337 e. The third-order valence-electron chi connectivity index (χ3n) is 2.41. The molecule has 18 heavy (non-hydrogen) atoms. The number of nitrogens with zero attached hydrogens (tertiary/aromatic N) is 1. The average molecular weight is 253 g/mol. The molecule has 0 saturated heterocycles. The molecule has 1 aromatic heterocycles. The van der Waals surface area contributed by atoms with Crippen LogP contribution in [0.25, 0.3) is 0 Å². The van der Waals surface area contributed by atoms with E-state index in [1.807, 2.05) is 0 Å². The molecular formula is C13H19NO4. The molecular weight excluding hydrogens is 234 g/mol. The summed E-state index contributed by atoms with van der Waals surface area (Å²) < 4.78 is 10.7. The van der Waals surface area contributed by atoms with Gasteiger partial charge in [-0.25, -0.2) is 9.78 Å². The molecule has 0 saturated carbocycles. The van der Waals surface area contributed by atoms with Crippen molar-refractivity contribution in [3.8, 4) is 5.88 Å². The number of hydrogen-bond donors (Lipinski definition) is 1. The number of carboxylic acid groups (broad SMARTS) is 1. The molecule has 1 heterocycles. The van der Waals surface area contributed by atoms with E-state index < -0.39 is 5.97 Å². The van der Waals surface area contributed by atoms with Gasteiger partial charge in [-0.1, -0.05) is 13.3 Å². The summed E-state index contributed by atoms with van der Waals surface area (Å²) in [5.41, 5.74) is 0.647. The molecule has 0 spiro atoms. The van der Waals surface area contributed by atoms with Crippen molar-refractivity contribution in [2.75, 3.05) is 19.8 Å². The van der Waals surface area contributed by atoms with Crippen molar-refractivity contribution in [3.05, 3.63) is 23.4 Å². The molecule has 0 radical (unpaired) electrons. The summed E-state index contributed by atoms with van der Waals surface area (Å²) in [6.45, 7) is 5.43. The molecule has 0 amide bonds. The lowest BCUT2D eigenvalue weighted by Gasteiger charge is -2.07. The summed E-state index contributed by atoms with van der Waals surface area (Å²) >= 11 is 0. The number of carboxylic acids is 1. The van der Waals surface area contributed by atoms with Crippen molar-refractivity contribution in [1.82, 2.24) is 4.98 Å². The minimum atomic E-state index is -0.977. The largest absolute Gasteiger partial charge is 0.478 e. The normalized spacial score (nSPS) is 10.3. The van der Waals surface area contributed by atoms with Gasteiger partial charge in [0.25, 0.3) is 0 Å². The Labute approximate surface area is 107 Å². The van der Waals surface area contributed by atoms with Crippen molar-refractivity contribution in [1.29, 1.82) is 0 Å². The summed E-state index contributed by atoms with van der Waals surface area (Å²) in [5.74, 6) is -0.550. The van der Waals surface area contributed by atoms with Crippen molar-refractivity contribution in [2.45, 2.75) is 26.7 Å². The molecule has 1 N–H and O–H groups in total. The lowest BCUT2D eigenvalue weighted by Crippen LogP contribution is -2.09. The fraction of sp³-hybridized carbons (Fsp3) is 0.538. The first-order valence-electron chi connectivity index (χ1n) is 6.06. The third kappa shape index (κ3) is 4.71. The number of aromatic nitrogens is 1. The quantitative estimate of drug-likeness (QED) is 0.720.